The molecule has 1 aliphatic heterocycles. The standard InChI is InChI=1S/C20H22FN3O2/c1-15(22-23-20(25)17-7-9-18(21)10-8-17)19(16-5-3-2-4-6-16)24-11-13-26-14-12-24/h2-10,19H,11-14H2,1H3,(H,23,25)/b22-15-/t19-/m1/s1. The number of halogens is 1. The van der Waals surface area contributed by atoms with E-state index >= 15 is 0 Å². The van der Waals surface area contributed by atoms with Gasteiger partial charge in [-0.25, -0.2) is 9.82 Å². The summed E-state index contributed by atoms with van der Waals surface area (Å²) in [4.78, 5) is 14.5. The van der Waals surface area contributed by atoms with Gasteiger partial charge < -0.3 is 4.74 Å². The van der Waals surface area contributed by atoms with E-state index in [2.05, 4.69) is 27.6 Å². The third-order valence-corrected chi connectivity index (χ3v) is 4.36. The molecule has 0 radical (unpaired) electrons. The number of carbonyl (C=O) groups is 1. The van der Waals surface area contributed by atoms with Gasteiger partial charge in [0, 0.05) is 18.7 Å². The Bertz CT molecular complexity index is 756. The zero-order valence-corrected chi connectivity index (χ0v) is 14.7. The van der Waals surface area contributed by atoms with Crippen LogP contribution in [0.5, 0.6) is 0 Å². The molecule has 1 fully saturated rings. The molecule has 0 bridgehead atoms. The predicted octanol–water partition coefficient (Wildman–Crippen LogP) is 3.00. The summed E-state index contributed by atoms with van der Waals surface area (Å²) in [5.74, 6) is -0.740. The van der Waals surface area contributed by atoms with Crippen molar-refractivity contribution in [2.45, 2.75) is 13.0 Å². The van der Waals surface area contributed by atoms with Gasteiger partial charge in [0.2, 0.25) is 0 Å². The molecule has 2 aromatic rings. The van der Waals surface area contributed by atoms with Crippen molar-refractivity contribution in [2.75, 3.05) is 26.3 Å². The van der Waals surface area contributed by atoms with Crippen LogP contribution in [0.2, 0.25) is 0 Å². The van der Waals surface area contributed by atoms with E-state index in [1.54, 1.807) is 0 Å². The van der Waals surface area contributed by atoms with Crippen molar-refractivity contribution in [2.24, 2.45) is 5.10 Å². The SMILES string of the molecule is C/C(=N/NC(=O)c1ccc(F)cc1)[C@H](c1ccccc1)N1CCOCC1. The van der Waals surface area contributed by atoms with Crippen LogP contribution in [0.4, 0.5) is 4.39 Å². The van der Waals surface area contributed by atoms with Crippen LogP contribution in [0, 0.1) is 5.82 Å². The number of hydrogen-bond donors (Lipinski definition) is 1. The minimum Gasteiger partial charge on any atom is -0.379 e. The minimum absolute atomic E-state index is 0.0337. The predicted molar refractivity (Wildman–Crippen MR) is 98.6 cm³/mol. The second kappa shape index (κ2) is 8.69. The number of ether oxygens (including phenoxy) is 1. The van der Waals surface area contributed by atoms with Crippen molar-refractivity contribution < 1.29 is 13.9 Å². The fourth-order valence-corrected chi connectivity index (χ4v) is 3.05. The van der Waals surface area contributed by atoms with E-state index in [-0.39, 0.29) is 17.8 Å². The first-order valence-corrected chi connectivity index (χ1v) is 8.62. The van der Waals surface area contributed by atoms with E-state index in [9.17, 15) is 9.18 Å². The molecule has 1 N–H and O–H groups in total. The highest BCUT2D eigenvalue weighted by Crippen LogP contribution is 2.23. The maximum atomic E-state index is 13.0. The molecule has 136 valence electrons. The number of rotatable bonds is 5. The third kappa shape index (κ3) is 4.53. The summed E-state index contributed by atoms with van der Waals surface area (Å²) in [7, 11) is 0. The van der Waals surface area contributed by atoms with Crippen LogP contribution >= 0.6 is 0 Å². The summed E-state index contributed by atoms with van der Waals surface area (Å²) in [6.45, 7) is 4.87. The van der Waals surface area contributed by atoms with Crippen molar-refractivity contribution >= 4 is 11.6 Å². The third-order valence-electron chi connectivity index (χ3n) is 4.36. The molecular weight excluding hydrogens is 333 g/mol. The molecule has 0 spiro atoms. The Hall–Kier alpha value is -2.57. The molecule has 6 heteroatoms. The first-order valence-electron chi connectivity index (χ1n) is 8.62. The highest BCUT2D eigenvalue weighted by Gasteiger charge is 2.25. The van der Waals surface area contributed by atoms with Gasteiger partial charge in [0.25, 0.3) is 5.91 Å². The number of nitrogens with zero attached hydrogens (tertiary/aromatic N) is 2. The van der Waals surface area contributed by atoms with Gasteiger partial charge in [-0.2, -0.15) is 5.10 Å². The van der Waals surface area contributed by atoms with Gasteiger partial charge >= 0.3 is 0 Å². The largest absolute Gasteiger partial charge is 0.379 e. The smallest absolute Gasteiger partial charge is 0.271 e. The second-order valence-corrected chi connectivity index (χ2v) is 6.16. The Balaban J connectivity index is 1.77. The monoisotopic (exact) mass is 355 g/mol. The van der Waals surface area contributed by atoms with Gasteiger partial charge in [0.15, 0.2) is 0 Å². The van der Waals surface area contributed by atoms with E-state index in [0.717, 1.165) is 24.4 Å². The van der Waals surface area contributed by atoms with Gasteiger partial charge in [-0.05, 0) is 36.8 Å². The average molecular weight is 355 g/mol. The van der Waals surface area contributed by atoms with Crippen LogP contribution in [0.3, 0.4) is 0 Å². The fourth-order valence-electron chi connectivity index (χ4n) is 3.05. The van der Waals surface area contributed by atoms with E-state index in [4.69, 9.17) is 4.74 Å². The molecule has 0 unspecified atom stereocenters. The quantitative estimate of drug-likeness (QED) is 0.663. The molecule has 1 saturated heterocycles. The first-order chi connectivity index (χ1) is 12.6. The number of hydrazone groups is 1. The zero-order valence-electron chi connectivity index (χ0n) is 14.7. The molecule has 1 heterocycles. The van der Waals surface area contributed by atoms with Crippen molar-refractivity contribution in [1.82, 2.24) is 10.3 Å². The Morgan fingerprint density at radius 3 is 2.42 bits per heavy atom. The molecule has 1 atom stereocenters. The molecule has 1 aliphatic rings. The minimum atomic E-state index is -0.377. The lowest BCUT2D eigenvalue weighted by atomic mass is 10.0. The van der Waals surface area contributed by atoms with Gasteiger partial charge in [-0.1, -0.05) is 30.3 Å². The highest BCUT2D eigenvalue weighted by atomic mass is 19.1. The summed E-state index contributed by atoms with van der Waals surface area (Å²) in [5.41, 5.74) is 4.85. The lowest BCUT2D eigenvalue weighted by Crippen LogP contribution is -2.42. The van der Waals surface area contributed by atoms with Crippen LogP contribution in [-0.4, -0.2) is 42.8 Å². The zero-order chi connectivity index (χ0) is 18.4. The van der Waals surface area contributed by atoms with E-state index < -0.39 is 0 Å². The maximum absolute atomic E-state index is 13.0. The molecule has 26 heavy (non-hydrogen) atoms. The molecule has 0 saturated carbocycles. The Morgan fingerprint density at radius 1 is 1.12 bits per heavy atom. The lowest BCUT2D eigenvalue weighted by molar-refractivity contribution is 0.0285. The second-order valence-electron chi connectivity index (χ2n) is 6.16. The van der Waals surface area contributed by atoms with E-state index in [1.165, 1.54) is 24.3 Å². The Kier molecular flexibility index (Phi) is 6.09. The topological polar surface area (TPSA) is 53.9 Å². The number of benzene rings is 2. The molecule has 3 rings (SSSR count). The molecule has 0 aliphatic carbocycles. The summed E-state index contributed by atoms with van der Waals surface area (Å²) < 4.78 is 18.4. The summed E-state index contributed by atoms with van der Waals surface area (Å²) in [6.07, 6.45) is 0. The number of hydrogen-bond acceptors (Lipinski definition) is 4. The van der Waals surface area contributed by atoms with Crippen LogP contribution in [0.25, 0.3) is 0 Å². The lowest BCUT2D eigenvalue weighted by Gasteiger charge is -2.34. The van der Waals surface area contributed by atoms with E-state index in [0.29, 0.717) is 18.8 Å². The number of amides is 1. The molecule has 1 amide bonds. The van der Waals surface area contributed by atoms with Crippen molar-refractivity contribution in [3.8, 4) is 0 Å². The molecule has 2 aromatic carbocycles. The van der Waals surface area contributed by atoms with Gasteiger partial charge in [-0.15, -0.1) is 0 Å². The number of morpholine rings is 1. The normalized spacial score (nSPS) is 16.9. The number of carbonyl (C=O) groups excluding carboxylic acids is 1. The Morgan fingerprint density at radius 2 is 1.77 bits per heavy atom. The summed E-state index contributed by atoms with van der Waals surface area (Å²) in [6, 6.07) is 15.4. The van der Waals surface area contributed by atoms with Gasteiger partial charge in [0.05, 0.1) is 25.0 Å². The van der Waals surface area contributed by atoms with Crippen LogP contribution in [0.15, 0.2) is 59.7 Å². The average Bonchev–Trinajstić information content (AvgIpc) is 2.68. The summed E-state index contributed by atoms with van der Waals surface area (Å²) in [5, 5.41) is 4.32. The maximum Gasteiger partial charge on any atom is 0.271 e. The highest BCUT2D eigenvalue weighted by molar-refractivity contribution is 5.96. The van der Waals surface area contributed by atoms with E-state index in [1.807, 2.05) is 25.1 Å². The summed E-state index contributed by atoms with van der Waals surface area (Å²) >= 11 is 0. The first kappa shape index (κ1) is 18.2. The Labute approximate surface area is 152 Å². The molecule has 5 nitrogen and oxygen atoms in total. The van der Waals surface area contributed by atoms with Crippen LogP contribution in [0.1, 0.15) is 28.9 Å². The van der Waals surface area contributed by atoms with Crippen molar-refractivity contribution in [3.05, 3.63) is 71.5 Å². The van der Waals surface area contributed by atoms with Gasteiger partial charge in [0.1, 0.15) is 5.82 Å². The van der Waals surface area contributed by atoms with Crippen molar-refractivity contribution in [1.29, 1.82) is 0 Å². The molecular formula is C20H22FN3O2. The molecule has 0 aromatic heterocycles. The van der Waals surface area contributed by atoms with Gasteiger partial charge in [-0.3, -0.25) is 9.69 Å². The van der Waals surface area contributed by atoms with Crippen molar-refractivity contribution in [3.63, 3.8) is 0 Å². The van der Waals surface area contributed by atoms with Crippen LogP contribution < -0.4 is 5.43 Å². The van der Waals surface area contributed by atoms with Crippen LogP contribution in [-0.2, 0) is 4.74 Å². The number of nitrogens with one attached hydrogen (secondary N) is 1. The fraction of sp³-hybridized carbons (Fsp3) is 0.300.